The third-order valence-electron chi connectivity index (χ3n) is 5.11. The van der Waals surface area contributed by atoms with Crippen LogP contribution in [0.1, 0.15) is 64.9 Å². The number of amides is 2. The summed E-state index contributed by atoms with van der Waals surface area (Å²) in [6.45, 7) is 5.23. The molecule has 0 spiro atoms. The highest BCUT2D eigenvalue weighted by atomic mass is 16.4. The summed E-state index contributed by atoms with van der Waals surface area (Å²) in [5.74, 6) is -3.10. The standard InChI is InChI=1S/C24H31N5O7/c1-24(2,3)22(36)29-23-27-19-15(20(33)28-23)12-14(13-25-19)8-6-4-5-7-9-17(30)26-16(21(34)35)10-11-18(31)32/h6,8,12-13,16H,4-5,7,9-11H2,1-3H3,(H,26,30)(H,31,32)(H,34,35)(H2,25,27,28,29,33,36)/t16-/m0/s1. The summed E-state index contributed by atoms with van der Waals surface area (Å²) in [7, 11) is 0. The molecule has 0 radical (unpaired) electrons. The lowest BCUT2D eigenvalue weighted by molar-refractivity contribution is -0.143. The van der Waals surface area contributed by atoms with E-state index in [1.54, 1.807) is 39.1 Å². The number of rotatable bonds is 12. The van der Waals surface area contributed by atoms with E-state index in [1.165, 1.54) is 0 Å². The molecule has 0 aromatic carbocycles. The van der Waals surface area contributed by atoms with Gasteiger partial charge in [-0.05, 0) is 37.3 Å². The number of pyridine rings is 1. The van der Waals surface area contributed by atoms with Crippen molar-refractivity contribution in [2.24, 2.45) is 5.41 Å². The molecule has 12 heteroatoms. The first-order valence-electron chi connectivity index (χ1n) is 11.5. The maximum absolute atomic E-state index is 12.4. The number of carbonyl (C=O) groups is 4. The van der Waals surface area contributed by atoms with Crippen molar-refractivity contribution in [3.63, 3.8) is 0 Å². The highest BCUT2D eigenvalue weighted by Crippen LogP contribution is 2.16. The van der Waals surface area contributed by atoms with Gasteiger partial charge >= 0.3 is 11.9 Å². The van der Waals surface area contributed by atoms with Crippen LogP contribution in [-0.4, -0.2) is 55.0 Å². The minimum atomic E-state index is -1.27. The van der Waals surface area contributed by atoms with E-state index in [9.17, 15) is 24.0 Å². The third-order valence-corrected chi connectivity index (χ3v) is 5.11. The van der Waals surface area contributed by atoms with Crippen molar-refractivity contribution in [2.75, 3.05) is 5.32 Å². The van der Waals surface area contributed by atoms with Crippen molar-refractivity contribution < 1.29 is 29.4 Å². The molecular weight excluding hydrogens is 470 g/mol. The molecule has 0 aliphatic rings. The zero-order valence-corrected chi connectivity index (χ0v) is 20.5. The molecule has 0 unspecified atom stereocenters. The molecule has 0 saturated carbocycles. The van der Waals surface area contributed by atoms with Gasteiger partial charge in [-0.2, -0.15) is 4.98 Å². The largest absolute Gasteiger partial charge is 0.481 e. The number of nitrogens with zero attached hydrogens (tertiary/aromatic N) is 2. The molecule has 12 nitrogen and oxygen atoms in total. The van der Waals surface area contributed by atoms with Crippen molar-refractivity contribution in [2.45, 2.75) is 65.3 Å². The van der Waals surface area contributed by atoms with E-state index in [0.717, 1.165) is 0 Å². The number of carboxylic acids is 2. The van der Waals surface area contributed by atoms with Crippen molar-refractivity contribution in [3.8, 4) is 0 Å². The van der Waals surface area contributed by atoms with Gasteiger partial charge in [0.15, 0.2) is 5.65 Å². The summed E-state index contributed by atoms with van der Waals surface area (Å²) in [6.07, 6.45) is 6.63. The van der Waals surface area contributed by atoms with Gasteiger partial charge in [0, 0.05) is 24.5 Å². The molecule has 0 bridgehead atoms. The van der Waals surface area contributed by atoms with Gasteiger partial charge in [0.1, 0.15) is 6.04 Å². The number of nitrogens with one attached hydrogen (secondary N) is 3. The highest BCUT2D eigenvalue weighted by Gasteiger charge is 2.22. The molecule has 2 aromatic heterocycles. The quantitative estimate of drug-likeness (QED) is 0.271. The normalized spacial score (nSPS) is 12.4. The van der Waals surface area contributed by atoms with Gasteiger partial charge in [-0.25, -0.2) is 9.78 Å². The summed E-state index contributed by atoms with van der Waals surface area (Å²) < 4.78 is 0. The van der Waals surface area contributed by atoms with E-state index in [2.05, 4.69) is 25.6 Å². The Kier molecular flexibility index (Phi) is 9.83. The number of H-pyrrole nitrogens is 1. The number of aliphatic carboxylic acids is 2. The van der Waals surface area contributed by atoms with Gasteiger partial charge < -0.3 is 15.5 Å². The second-order valence-corrected chi connectivity index (χ2v) is 9.30. The Bertz CT molecular complexity index is 1210. The van der Waals surface area contributed by atoms with Crippen LogP contribution in [0.15, 0.2) is 23.1 Å². The molecule has 36 heavy (non-hydrogen) atoms. The lowest BCUT2D eigenvalue weighted by Gasteiger charge is -2.16. The van der Waals surface area contributed by atoms with Crippen LogP contribution >= 0.6 is 0 Å². The first-order chi connectivity index (χ1) is 16.9. The number of unbranched alkanes of at least 4 members (excludes halogenated alkanes) is 2. The molecule has 0 aliphatic heterocycles. The minimum absolute atomic E-state index is 0.0313. The molecule has 1 atom stereocenters. The molecule has 0 saturated heterocycles. The van der Waals surface area contributed by atoms with Crippen LogP contribution in [-0.2, 0) is 19.2 Å². The SMILES string of the molecule is CC(C)(C)C(=O)Nc1nc2ncc(C=CCCCCC(=O)N[C@@H](CCC(=O)O)C(=O)O)cc2c(=O)[nH]1. The molecule has 5 N–H and O–H groups in total. The zero-order chi connectivity index (χ0) is 26.9. The van der Waals surface area contributed by atoms with Crippen molar-refractivity contribution in [1.29, 1.82) is 0 Å². The van der Waals surface area contributed by atoms with E-state index in [1.807, 2.05) is 6.08 Å². The predicted molar refractivity (Wildman–Crippen MR) is 132 cm³/mol. The molecule has 2 amide bonds. The van der Waals surface area contributed by atoms with Gasteiger partial charge in [0.25, 0.3) is 5.56 Å². The number of aromatic nitrogens is 3. The first-order valence-corrected chi connectivity index (χ1v) is 11.5. The topological polar surface area (TPSA) is 191 Å². The van der Waals surface area contributed by atoms with Crippen LogP contribution in [0.3, 0.4) is 0 Å². The van der Waals surface area contributed by atoms with Crippen LogP contribution in [0.2, 0.25) is 0 Å². The number of hydrogen-bond donors (Lipinski definition) is 5. The molecule has 194 valence electrons. The lowest BCUT2D eigenvalue weighted by Crippen LogP contribution is -2.41. The Morgan fingerprint density at radius 2 is 1.86 bits per heavy atom. The van der Waals surface area contributed by atoms with Crippen LogP contribution in [0, 0.1) is 5.41 Å². The molecule has 0 fully saturated rings. The molecule has 0 aliphatic carbocycles. The number of fused-ring (bicyclic) bond motifs is 1. The predicted octanol–water partition coefficient (Wildman–Crippen LogP) is 2.31. The number of anilines is 1. The maximum Gasteiger partial charge on any atom is 0.326 e. The van der Waals surface area contributed by atoms with Crippen molar-refractivity contribution in [1.82, 2.24) is 20.3 Å². The van der Waals surface area contributed by atoms with Gasteiger partial charge in [-0.3, -0.25) is 29.5 Å². The minimum Gasteiger partial charge on any atom is -0.481 e. The Morgan fingerprint density at radius 3 is 2.50 bits per heavy atom. The smallest absolute Gasteiger partial charge is 0.326 e. The highest BCUT2D eigenvalue weighted by molar-refractivity contribution is 5.93. The van der Waals surface area contributed by atoms with E-state index < -0.39 is 34.9 Å². The second-order valence-electron chi connectivity index (χ2n) is 9.30. The number of carbonyl (C=O) groups excluding carboxylic acids is 2. The Balaban J connectivity index is 1.86. The number of hydrogen-bond acceptors (Lipinski definition) is 7. The van der Waals surface area contributed by atoms with Crippen LogP contribution in [0.4, 0.5) is 5.95 Å². The number of aromatic amines is 1. The fourth-order valence-corrected chi connectivity index (χ4v) is 3.04. The summed E-state index contributed by atoms with van der Waals surface area (Å²) in [6, 6.07) is 0.411. The Morgan fingerprint density at radius 1 is 1.14 bits per heavy atom. The summed E-state index contributed by atoms with van der Waals surface area (Å²) in [5.41, 5.74) is -0.195. The fourth-order valence-electron chi connectivity index (χ4n) is 3.04. The zero-order valence-electron chi connectivity index (χ0n) is 20.5. The lowest BCUT2D eigenvalue weighted by atomic mass is 9.96. The second kappa shape index (κ2) is 12.6. The average Bonchev–Trinajstić information content (AvgIpc) is 2.78. The summed E-state index contributed by atoms with van der Waals surface area (Å²) in [5, 5.41) is 22.9. The van der Waals surface area contributed by atoms with E-state index in [0.29, 0.717) is 24.8 Å². The van der Waals surface area contributed by atoms with E-state index in [4.69, 9.17) is 10.2 Å². The summed E-state index contributed by atoms with van der Waals surface area (Å²) in [4.78, 5) is 69.2. The molecule has 2 aromatic rings. The van der Waals surface area contributed by atoms with Gasteiger partial charge in [0.2, 0.25) is 17.8 Å². The van der Waals surface area contributed by atoms with Crippen LogP contribution in [0.5, 0.6) is 0 Å². The summed E-state index contributed by atoms with van der Waals surface area (Å²) >= 11 is 0. The Labute approximate surface area is 207 Å². The van der Waals surface area contributed by atoms with Gasteiger partial charge in [-0.15, -0.1) is 0 Å². The average molecular weight is 502 g/mol. The Hall–Kier alpha value is -4.09. The molecule has 2 rings (SSSR count). The number of carboxylic acid groups (broad SMARTS) is 2. The van der Waals surface area contributed by atoms with Crippen molar-refractivity contribution in [3.05, 3.63) is 34.3 Å². The number of allylic oxidation sites excluding steroid dienone is 1. The van der Waals surface area contributed by atoms with Crippen LogP contribution < -0.4 is 16.2 Å². The fraction of sp³-hybridized carbons (Fsp3) is 0.458. The monoisotopic (exact) mass is 501 g/mol. The molecular formula is C24H31N5O7. The van der Waals surface area contributed by atoms with E-state index in [-0.39, 0.29) is 42.2 Å². The first kappa shape index (κ1) is 28.1. The maximum atomic E-state index is 12.4. The molecule has 2 heterocycles. The van der Waals surface area contributed by atoms with E-state index >= 15 is 0 Å². The van der Waals surface area contributed by atoms with Gasteiger partial charge in [-0.1, -0.05) is 32.9 Å². The van der Waals surface area contributed by atoms with Crippen LogP contribution in [0.25, 0.3) is 17.1 Å². The van der Waals surface area contributed by atoms with Crippen molar-refractivity contribution >= 4 is 46.8 Å². The third kappa shape index (κ3) is 8.93. The van der Waals surface area contributed by atoms with Gasteiger partial charge in [0.05, 0.1) is 5.39 Å².